The van der Waals surface area contributed by atoms with E-state index in [0.29, 0.717) is 47.8 Å². The molecule has 0 unspecified atom stereocenters. The Balaban J connectivity index is 1.53. The molecular formula is C24H19FN6O2. The number of benzene rings is 1. The smallest absolute Gasteiger partial charge is 0.328 e. The molecule has 33 heavy (non-hydrogen) atoms. The number of aromatic nitrogens is 6. The number of para-hydroxylation sites is 1. The number of hydrogen-bond donors (Lipinski definition) is 1. The number of imidazole rings is 2. The number of allylic oxidation sites excluding steroid dienone is 1. The molecule has 5 heterocycles. The van der Waals surface area contributed by atoms with Crippen LogP contribution in [0.15, 0.2) is 66.4 Å². The van der Waals surface area contributed by atoms with Crippen molar-refractivity contribution in [2.24, 2.45) is 0 Å². The van der Waals surface area contributed by atoms with Crippen LogP contribution in [0.4, 0.5) is 4.39 Å². The van der Waals surface area contributed by atoms with Crippen LogP contribution in [-0.2, 0) is 6.42 Å². The minimum atomic E-state index is -0.393. The summed E-state index contributed by atoms with van der Waals surface area (Å²) in [5.41, 5.74) is 3.81. The summed E-state index contributed by atoms with van der Waals surface area (Å²) in [7, 11) is 0. The van der Waals surface area contributed by atoms with Crippen LogP contribution in [0.5, 0.6) is 5.75 Å². The molecule has 8 nitrogen and oxygen atoms in total. The van der Waals surface area contributed by atoms with Crippen molar-refractivity contribution in [1.82, 2.24) is 28.9 Å². The Morgan fingerprint density at radius 3 is 3.03 bits per heavy atom. The van der Waals surface area contributed by atoms with Crippen LogP contribution in [0.1, 0.15) is 23.6 Å². The van der Waals surface area contributed by atoms with Crippen molar-refractivity contribution in [3.8, 4) is 17.3 Å². The molecule has 0 bridgehead atoms. The van der Waals surface area contributed by atoms with E-state index in [2.05, 4.69) is 21.5 Å². The minimum Gasteiger partial charge on any atom is -0.493 e. The van der Waals surface area contributed by atoms with Gasteiger partial charge in [0.15, 0.2) is 11.5 Å². The Kier molecular flexibility index (Phi) is 4.36. The Morgan fingerprint density at radius 1 is 1.24 bits per heavy atom. The molecule has 0 radical (unpaired) electrons. The number of nitrogens with zero attached hydrogens (tertiary/aromatic N) is 5. The van der Waals surface area contributed by atoms with Gasteiger partial charge in [-0.05, 0) is 24.1 Å². The van der Waals surface area contributed by atoms with Gasteiger partial charge in [-0.15, -0.1) is 6.58 Å². The number of nitrogens with one attached hydrogen (secondary N) is 1. The van der Waals surface area contributed by atoms with Crippen LogP contribution < -0.4 is 10.4 Å². The van der Waals surface area contributed by atoms with E-state index in [0.717, 1.165) is 16.9 Å². The monoisotopic (exact) mass is 442 g/mol. The molecule has 0 saturated heterocycles. The van der Waals surface area contributed by atoms with Crippen molar-refractivity contribution in [2.75, 3.05) is 6.61 Å². The number of fused-ring (bicyclic) bond motifs is 3. The summed E-state index contributed by atoms with van der Waals surface area (Å²) in [6.45, 7) is 4.31. The third kappa shape index (κ3) is 3.04. The van der Waals surface area contributed by atoms with Crippen molar-refractivity contribution in [3.05, 3.63) is 89.0 Å². The zero-order valence-corrected chi connectivity index (χ0v) is 17.5. The number of hydrogen-bond acceptors (Lipinski definition) is 5. The fourth-order valence-electron chi connectivity index (χ4n) is 4.50. The third-order valence-electron chi connectivity index (χ3n) is 5.96. The third-order valence-corrected chi connectivity index (χ3v) is 5.96. The van der Waals surface area contributed by atoms with E-state index in [1.54, 1.807) is 27.4 Å². The van der Waals surface area contributed by atoms with Gasteiger partial charge in [-0.25, -0.2) is 24.1 Å². The Bertz CT molecular complexity index is 1600. The second-order valence-electron chi connectivity index (χ2n) is 7.93. The zero-order chi connectivity index (χ0) is 22.5. The second-order valence-corrected chi connectivity index (χ2v) is 7.93. The van der Waals surface area contributed by atoms with Gasteiger partial charge in [0.25, 0.3) is 0 Å². The number of rotatable bonds is 4. The van der Waals surface area contributed by atoms with Gasteiger partial charge >= 0.3 is 5.69 Å². The van der Waals surface area contributed by atoms with Crippen LogP contribution >= 0.6 is 0 Å². The molecule has 1 N–H and O–H groups in total. The van der Waals surface area contributed by atoms with Gasteiger partial charge in [0.05, 0.1) is 25.0 Å². The van der Waals surface area contributed by atoms with E-state index in [4.69, 9.17) is 9.72 Å². The number of pyridine rings is 1. The lowest BCUT2D eigenvalue weighted by molar-refractivity contribution is 0.254. The maximum Gasteiger partial charge on any atom is 0.328 e. The summed E-state index contributed by atoms with van der Waals surface area (Å²) in [6.07, 6.45) is 7.64. The largest absolute Gasteiger partial charge is 0.493 e. The fraction of sp³-hybridized carbons (Fsp3) is 0.167. The minimum absolute atomic E-state index is 0.248. The highest BCUT2D eigenvalue weighted by Gasteiger charge is 2.28. The van der Waals surface area contributed by atoms with Crippen molar-refractivity contribution in [1.29, 1.82) is 0 Å². The Morgan fingerprint density at radius 2 is 2.15 bits per heavy atom. The number of halogens is 1. The normalized spacial score (nSPS) is 15.5. The lowest BCUT2D eigenvalue weighted by atomic mass is 9.96. The topological polar surface area (TPSA) is 90.1 Å². The van der Waals surface area contributed by atoms with Gasteiger partial charge < -0.3 is 9.72 Å². The highest BCUT2D eigenvalue weighted by atomic mass is 19.1. The average Bonchev–Trinajstić information content (AvgIpc) is 3.38. The fourth-order valence-corrected chi connectivity index (χ4v) is 4.50. The molecule has 164 valence electrons. The molecule has 4 aromatic heterocycles. The van der Waals surface area contributed by atoms with E-state index < -0.39 is 5.82 Å². The summed E-state index contributed by atoms with van der Waals surface area (Å²) in [4.78, 5) is 29.3. The average molecular weight is 442 g/mol. The van der Waals surface area contributed by atoms with E-state index in [-0.39, 0.29) is 11.7 Å². The van der Waals surface area contributed by atoms with E-state index >= 15 is 0 Å². The zero-order valence-electron chi connectivity index (χ0n) is 17.5. The maximum absolute atomic E-state index is 13.8. The van der Waals surface area contributed by atoms with Gasteiger partial charge in [-0.1, -0.05) is 24.3 Å². The highest BCUT2D eigenvalue weighted by Crippen LogP contribution is 2.38. The van der Waals surface area contributed by atoms with Gasteiger partial charge in [0.2, 0.25) is 0 Å². The molecule has 0 spiro atoms. The molecule has 0 amide bonds. The predicted molar refractivity (Wildman–Crippen MR) is 121 cm³/mol. The molecule has 1 atom stereocenters. The van der Waals surface area contributed by atoms with Crippen LogP contribution in [0, 0.1) is 5.82 Å². The molecule has 1 aliphatic heterocycles. The van der Waals surface area contributed by atoms with E-state index in [1.165, 1.54) is 12.3 Å². The molecule has 0 aliphatic carbocycles. The van der Waals surface area contributed by atoms with Gasteiger partial charge in [-0.2, -0.15) is 0 Å². The molecule has 5 aromatic rings. The first-order chi connectivity index (χ1) is 16.1. The first-order valence-electron chi connectivity index (χ1n) is 10.6. The van der Waals surface area contributed by atoms with Gasteiger partial charge in [0, 0.05) is 18.2 Å². The molecule has 0 saturated carbocycles. The molecule has 1 aliphatic rings. The van der Waals surface area contributed by atoms with Crippen molar-refractivity contribution >= 4 is 16.8 Å². The molecule has 9 heteroatoms. The quantitative estimate of drug-likeness (QED) is 0.429. The van der Waals surface area contributed by atoms with Crippen LogP contribution in [0.2, 0.25) is 0 Å². The molecular weight excluding hydrogens is 423 g/mol. The van der Waals surface area contributed by atoms with E-state index in [9.17, 15) is 9.18 Å². The SMILES string of the molecule is C=CCc1cccc2c1OCC[C@H]2n1c(=O)[nH]c2cnc(-c3cnc4ccc(F)cn34)nc21. The summed E-state index contributed by atoms with van der Waals surface area (Å²) in [5, 5.41) is 0. The molecule has 1 aromatic carbocycles. The van der Waals surface area contributed by atoms with E-state index in [1.807, 2.05) is 24.3 Å². The first-order valence-corrected chi connectivity index (χ1v) is 10.6. The summed E-state index contributed by atoms with van der Waals surface area (Å²) in [6, 6.07) is 8.64. The lowest BCUT2D eigenvalue weighted by Crippen LogP contribution is -2.28. The Labute approximate surface area is 187 Å². The van der Waals surface area contributed by atoms with Crippen LogP contribution in [0.25, 0.3) is 28.3 Å². The summed E-state index contributed by atoms with van der Waals surface area (Å²) in [5.74, 6) is 0.748. The van der Waals surface area contributed by atoms with Crippen molar-refractivity contribution in [2.45, 2.75) is 18.9 Å². The molecule has 6 rings (SSSR count). The molecule has 0 fully saturated rings. The first kappa shape index (κ1) is 19.4. The summed E-state index contributed by atoms with van der Waals surface area (Å²) < 4.78 is 23.1. The van der Waals surface area contributed by atoms with Crippen LogP contribution in [0.3, 0.4) is 0 Å². The number of ether oxygens (including phenoxy) is 1. The predicted octanol–water partition coefficient (Wildman–Crippen LogP) is 3.67. The van der Waals surface area contributed by atoms with Gasteiger partial charge in [0.1, 0.15) is 28.4 Å². The second kappa shape index (κ2) is 7.40. The highest BCUT2D eigenvalue weighted by molar-refractivity contribution is 5.73. The number of aromatic amines is 1. The lowest BCUT2D eigenvalue weighted by Gasteiger charge is -2.28. The number of H-pyrrole nitrogens is 1. The van der Waals surface area contributed by atoms with Crippen molar-refractivity contribution < 1.29 is 9.13 Å². The standard InChI is InChI=1S/C24H19FN6O2/c1-2-4-14-5-3-6-16-18(9-10-33-21(14)16)31-23-17(28-24(31)32)11-27-22(29-23)19-12-26-20-8-7-15(25)13-30(19)20/h2-3,5-8,11-13,18H,1,4,9-10H2,(H,28,32)/t18-/m1/s1. The maximum atomic E-state index is 13.8. The summed E-state index contributed by atoms with van der Waals surface area (Å²) >= 11 is 0. The van der Waals surface area contributed by atoms with Gasteiger partial charge in [-0.3, -0.25) is 8.97 Å². The Hall–Kier alpha value is -4.27. The van der Waals surface area contributed by atoms with Crippen LogP contribution in [-0.4, -0.2) is 35.5 Å². The van der Waals surface area contributed by atoms with Crippen molar-refractivity contribution in [3.63, 3.8) is 0 Å².